The molecule has 2 heterocycles. The predicted octanol–water partition coefficient (Wildman–Crippen LogP) is 3.89. The zero-order valence-electron chi connectivity index (χ0n) is 14.0. The van der Waals surface area contributed by atoms with Gasteiger partial charge in [0.05, 0.1) is 0 Å². The molecule has 0 bridgehead atoms. The minimum atomic E-state index is -0.150. The summed E-state index contributed by atoms with van der Waals surface area (Å²) in [6.45, 7) is 0. The number of benzene rings is 1. The second kappa shape index (κ2) is 7.21. The molecular formula is C19H17N3O3S. The summed E-state index contributed by atoms with van der Waals surface area (Å²) in [7, 11) is 0. The molecule has 132 valence electrons. The molecule has 1 N–H and O–H groups in total. The first-order valence-corrected chi connectivity index (χ1v) is 9.44. The van der Waals surface area contributed by atoms with Crippen molar-refractivity contribution in [3.8, 4) is 11.5 Å². The highest BCUT2D eigenvalue weighted by molar-refractivity contribution is 7.08. The molecule has 3 aromatic rings. The van der Waals surface area contributed by atoms with Crippen molar-refractivity contribution in [2.45, 2.75) is 32.1 Å². The number of aryl methyl sites for hydroxylation is 2. The van der Waals surface area contributed by atoms with Gasteiger partial charge in [-0.15, -0.1) is 10.2 Å². The van der Waals surface area contributed by atoms with Crippen LogP contribution in [0.5, 0.6) is 0 Å². The van der Waals surface area contributed by atoms with Crippen LogP contribution in [0, 0.1) is 0 Å². The van der Waals surface area contributed by atoms with E-state index in [1.165, 1.54) is 0 Å². The summed E-state index contributed by atoms with van der Waals surface area (Å²) >= 11 is 1.56. The van der Waals surface area contributed by atoms with Gasteiger partial charge in [-0.2, -0.15) is 11.3 Å². The smallest absolute Gasteiger partial charge is 0.248 e. The Labute approximate surface area is 154 Å². The van der Waals surface area contributed by atoms with E-state index in [1.807, 2.05) is 29.0 Å². The third-order valence-electron chi connectivity index (χ3n) is 4.34. The highest BCUT2D eigenvalue weighted by atomic mass is 32.1. The number of Topliss-reactive ketones (excluding diaryl/α,β-unsaturated/α-hetero) is 1. The molecular weight excluding hydrogens is 350 g/mol. The number of amides is 1. The van der Waals surface area contributed by atoms with Crippen LogP contribution in [-0.4, -0.2) is 21.9 Å². The van der Waals surface area contributed by atoms with Gasteiger partial charge < -0.3 is 9.73 Å². The normalized spacial score (nSPS) is 13.5. The zero-order chi connectivity index (χ0) is 17.9. The van der Waals surface area contributed by atoms with Gasteiger partial charge in [0.1, 0.15) is 0 Å². The lowest BCUT2D eigenvalue weighted by Gasteiger charge is -2.15. The largest absolute Gasteiger partial charge is 0.421 e. The van der Waals surface area contributed by atoms with E-state index in [0.717, 1.165) is 29.5 Å². The van der Waals surface area contributed by atoms with Gasteiger partial charge in [-0.25, -0.2) is 0 Å². The lowest BCUT2D eigenvalue weighted by molar-refractivity contribution is -0.116. The zero-order valence-corrected chi connectivity index (χ0v) is 14.8. The van der Waals surface area contributed by atoms with Gasteiger partial charge in [0.25, 0.3) is 0 Å². The molecule has 0 unspecified atom stereocenters. The monoisotopic (exact) mass is 367 g/mol. The van der Waals surface area contributed by atoms with E-state index in [4.69, 9.17) is 4.42 Å². The van der Waals surface area contributed by atoms with Crippen molar-refractivity contribution < 1.29 is 14.0 Å². The van der Waals surface area contributed by atoms with Crippen LogP contribution in [-0.2, 0) is 17.6 Å². The number of carbonyl (C=O) groups excluding carboxylic acids is 2. The van der Waals surface area contributed by atoms with E-state index in [9.17, 15) is 9.59 Å². The van der Waals surface area contributed by atoms with Gasteiger partial charge in [0.15, 0.2) is 5.78 Å². The third-order valence-corrected chi connectivity index (χ3v) is 5.03. The van der Waals surface area contributed by atoms with Crippen LogP contribution in [0.15, 0.2) is 39.4 Å². The predicted molar refractivity (Wildman–Crippen MR) is 98.3 cm³/mol. The number of ketones is 1. The van der Waals surface area contributed by atoms with Crippen molar-refractivity contribution in [3.05, 3.63) is 52.0 Å². The van der Waals surface area contributed by atoms with E-state index < -0.39 is 0 Å². The number of nitrogens with zero attached hydrogens (tertiary/aromatic N) is 2. The van der Waals surface area contributed by atoms with Crippen molar-refractivity contribution in [2.24, 2.45) is 0 Å². The number of aromatic nitrogens is 2. The summed E-state index contributed by atoms with van der Waals surface area (Å²) in [4.78, 5) is 24.2. The first-order chi connectivity index (χ1) is 12.7. The SMILES string of the molecule is O=C(CCc1nnc(-c2ccsc2)o1)Nc1ccc2c(c1)C(=O)CCC2. The number of carbonyl (C=O) groups is 2. The van der Waals surface area contributed by atoms with Crippen LogP contribution < -0.4 is 5.32 Å². The summed E-state index contributed by atoms with van der Waals surface area (Å²) in [6, 6.07) is 7.45. The Morgan fingerprint density at radius 1 is 1.23 bits per heavy atom. The van der Waals surface area contributed by atoms with E-state index >= 15 is 0 Å². The van der Waals surface area contributed by atoms with Crippen LogP contribution in [0.1, 0.15) is 41.1 Å². The van der Waals surface area contributed by atoms with Crippen LogP contribution >= 0.6 is 11.3 Å². The lowest BCUT2D eigenvalue weighted by atomic mass is 9.90. The first kappa shape index (κ1) is 16.7. The van der Waals surface area contributed by atoms with Gasteiger partial charge >= 0.3 is 0 Å². The maximum Gasteiger partial charge on any atom is 0.248 e. The standard InChI is InChI=1S/C19H17N3O3S/c23-16-3-1-2-12-4-5-14(10-15(12)16)20-17(24)6-7-18-21-22-19(25-18)13-8-9-26-11-13/h4-5,8-11H,1-3,6-7H2,(H,20,24). The van der Waals surface area contributed by atoms with Crippen LogP contribution in [0.25, 0.3) is 11.5 Å². The molecule has 1 aromatic carbocycles. The van der Waals surface area contributed by atoms with E-state index in [0.29, 0.717) is 30.3 Å². The summed E-state index contributed by atoms with van der Waals surface area (Å²) in [5, 5.41) is 14.7. The number of rotatable bonds is 5. The number of hydrogen-bond donors (Lipinski definition) is 1. The molecule has 26 heavy (non-hydrogen) atoms. The lowest BCUT2D eigenvalue weighted by Crippen LogP contribution is -2.15. The molecule has 6 nitrogen and oxygen atoms in total. The van der Waals surface area contributed by atoms with Crippen LogP contribution in [0.4, 0.5) is 5.69 Å². The average molecular weight is 367 g/mol. The Kier molecular flexibility index (Phi) is 4.62. The Morgan fingerprint density at radius 2 is 2.15 bits per heavy atom. The fourth-order valence-corrected chi connectivity index (χ4v) is 3.64. The molecule has 0 spiro atoms. The number of nitrogens with one attached hydrogen (secondary N) is 1. The van der Waals surface area contributed by atoms with Crippen molar-refractivity contribution >= 4 is 28.7 Å². The topological polar surface area (TPSA) is 85.1 Å². The summed E-state index contributed by atoms with van der Waals surface area (Å²) in [5.41, 5.74) is 3.32. The quantitative estimate of drug-likeness (QED) is 0.739. The second-order valence-electron chi connectivity index (χ2n) is 6.21. The molecule has 0 aliphatic heterocycles. The fourth-order valence-electron chi connectivity index (χ4n) is 3.01. The molecule has 7 heteroatoms. The number of thiophene rings is 1. The van der Waals surface area contributed by atoms with Crippen molar-refractivity contribution in [1.29, 1.82) is 0 Å². The maximum absolute atomic E-state index is 12.2. The van der Waals surface area contributed by atoms with Gasteiger partial charge in [0, 0.05) is 41.5 Å². The molecule has 1 aliphatic rings. The first-order valence-electron chi connectivity index (χ1n) is 8.50. The summed E-state index contributed by atoms with van der Waals surface area (Å²) in [5.74, 6) is 0.898. The van der Waals surface area contributed by atoms with Crippen molar-refractivity contribution in [2.75, 3.05) is 5.32 Å². The van der Waals surface area contributed by atoms with Crippen molar-refractivity contribution in [3.63, 3.8) is 0 Å². The summed E-state index contributed by atoms with van der Waals surface area (Å²) in [6.07, 6.45) is 2.99. The highest BCUT2D eigenvalue weighted by Crippen LogP contribution is 2.25. The molecule has 0 saturated heterocycles. The van der Waals surface area contributed by atoms with Crippen LogP contribution in [0.2, 0.25) is 0 Å². The van der Waals surface area contributed by atoms with Gasteiger partial charge in [-0.05, 0) is 42.0 Å². The molecule has 0 atom stereocenters. The minimum Gasteiger partial charge on any atom is -0.421 e. The Morgan fingerprint density at radius 3 is 3.00 bits per heavy atom. The Bertz CT molecular complexity index is 947. The van der Waals surface area contributed by atoms with Gasteiger partial charge in [-0.1, -0.05) is 6.07 Å². The Balaban J connectivity index is 1.36. The molecule has 0 radical (unpaired) electrons. The van der Waals surface area contributed by atoms with E-state index in [-0.39, 0.29) is 18.1 Å². The molecule has 0 fully saturated rings. The summed E-state index contributed by atoms with van der Waals surface area (Å²) < 4.78 is 5.58. The number of hydrogen-bond acceptors (Lipinski definition) is 6. The fraction of sp³-hybridized carbons (Fsp3) is 0.263. The van der Waals surface area contributed by atoms with Gasteiger partial charge in [0.2, 0.25) is 17.7 Å². The highest BCUT2D eigenvalue weighted by Gasteiger charge is 2.18. The number of anilines is 1. The minimum absolute atomic E-state index is 0.147. The molecule has 4 rings (SSSR count). The molecule has 1 amide bonds. The van der Waals surface area contributed by atoms with Crippen molar-refractivity contribution in [1.82, 2.24) is 10.2 Å². The third kappa shape index (κ3) is 3.57. The second-order valence-corrected chi connectivity index (χ2v) is 6.99. The Hall–Kier alpha value is -2.80. The molecule has 2 aromatic heterocycles. The van der Waals surface area contributed by atoms with Crippen LogP contribution in [0.3, 0.4) is 0 Å². The number of fused-ring (bicyclic) bond motifs is 1. The van der Waals surface area contributed by atoms with E-state index in [2.05, 4.69) is 15.5 Å². The van der Waals surface area contributed by atoms with E-state index in [1.54, 1.807) is 17.4 Å². The maximum atomic E-state index is 12.2. The molecule has 1 aliphatic carbocycles. The average Bonchev–Trinajstić information content (AvgIpc) is 3.32. The van der Waals surface area contributed by atoms with Gasteiger partial charge in [-0.3, -0.25) is 9.59 Å². The molecule has 0 saturated carbocycles.